The molecule has 1 aromatic heterocycles. The molecule has 1 unspecified atom stereocenters. The molecule has 2 N–H and O–H groups in total. The summed E-state index contributed by atoms with van der Waals surface area (Å²) >= 11 is 0. The van der Waals surface area contributed by atoms with Gasteiger partial charge in [0.15, 0.2) is 5.58 Å². The second-order valence-electron chi connectivity index (χ2n) is 5.24. The zero-order valence-corrected chi connectivity index (χ0v) is 11.9. The molecule has 5 heteroatoms. The predicted molar refractivity (Wildman–Crippen MR) is 77.5 cm³/mol. The summed E-state index contributed by atoms with van der Waals surface area (Å²) in [5.41, 5.74) is 8.29. The number of rotatable bonds is 4. The van der Waals surface area contributed by atoms with Crippen molar-refractivity contribution in [3.05, 3.63) is 28.7 Å². The maximum Gasteiger partial charge on any atom is 0.419 e. The van der Waals surface area contributed by atoms with E-state index in [2.05, 4.69) is 18.7 Å². The minimum absolute atomic E-state index is 0.265. The van der Waals surface area contributed by atoms with Gasteiger partial charge in [0.25, 0.3) is 0 Å². The SMILES string of the molecule is CC(C)C(CN)N(C)c1ccc2oc(=O)n(C)c2c1. The number of aryl methyl sites for hydroxylation is 1. The summed E-state index contributed by atoms with van der Waals surface area (Å²) in [4.78, 5) is 13.6. The molecular formula is C14H21N3O2. The molecule has 0 saturated heterocycles. The van der Waals surface area contributed by atoms with Gasteiger partial charge in [0.1, 0.15) is 0 Å². The van der Waals surface area contributed by atoms with E-state index in [0.717, 1.165) is 11.2 Å². The molecule has 0 spiro atoms. The fourth-order valence-corrected chi connectivity index (χ4v) is 2.40. The second kappa shape index (κ2) is 5.09. The normalized spacial score (nSPS) is 13.2. The van der Waals surface area contributed by atoms with Crippen molar-refractivity contribution >= 4 is 16.8 Å². The topological polar surface area (TPSA) is 64.4 Å². The zero-order chi connectivity index (χ0) is 14.2. The molecule has 2 aromatic rings. The van der Waals surface area contributed by atoms with E-state index >= 15 is 0 Å². The van der Waals surface area contributed by atoms with Crippen LogP contribution < -0.4 is 16.4 Å². The number of fused-ring (bicyclic) bond motifs is 1. The minimum Gasteiger partial charge on any atom is -0.408 e. The van der Waals surface area contributed by atoms with Crippen molar-refractivity contribution in [2.45, 2.75) is 19.9 Å². The quantitative estimate of drug-likeness (QED) is 0.909. The highest BCUT2D eigenvalue weighted by Gasteiger charge is 2.18. The molecule has 1 aromatic carbocycles. The minimum atomic E-state index is -0.339. The molecule has 104 valence electrons. The van der Waals surface area contributed by atoms with Crippen LogP contribution >= 0.6 is 0 Å². The summed E-state index contributed by atoms with van der Waals surface area (Å²) in [7, 11) is 3.73. The van der Waals surface area contributed by atoms with Crippen LogP contribution in [0.25, 0.3) is 11.1 Å². The first-order valence-electron chi connectivity index (χ1n) is 6.48. The van der Waals surface area contributed by atoms with Crippen molar-refractivity contribution in [3.8, 4) is 0 Å². The average Bonchev–Trinajstić information content (AvgIpc) is 2.65. The first-order chi connectivity index (χ1) is 8.95. The van der Waals surface area contributed by atoms with E-state index in [4.69, 9.17) is 10.2 Å². The summed E-state index contributed by atoms with van der Waals surface area (Å²) in [6, 6.07) is 6.01. The Bertz CT molecular complexity index is 627. The zero-order valence-electron chi connectivity index (χ0n) is 11.9. The van der Waals surface area contributed by atoms with Gasteiger partial charge in [-0.3, -0.25) is 4.57 Å². The molecule has 2 rings (SSSR count). The fraction of sp³-hybridized carbons (Fsp3) is 0.500. The molecule has 1 heterocycles. The van der Waals surface area contributed by atoms with Gasteiger partial charge in [-0.25, -0.2) is 4.79 Å². The molecule has 19 heavy (non-hydrogen) atoms. The lowest BCUT2D eigenvalue weighted by molar-refractivity contribution is 0.480. The molecule has 0 saturated carbocycles. The lowest BCUT2D eigenvalue weighted by atomic mass is 10.0. The van der Waals surface area contributed by atoms with Gasteiger partial charge in [0.2, 0.25) is 0 Å². The highest BCUT2D eigenvalue weighted by Crippen LogP contribution is 2.23. The molecule has 5 nitrogen and oxygen atoms in total. The highest BCUT2D eigenvalue weighted by molar-refractivity contribution is 5.78. The number of likely N-dealkylation sites (N-methyl/N-ethyl adjacent to an activating group) is 1. The van der Waals surface area contributed by atoms with Gasteiger partial charge in [0.05, 0.1) is 5.52 Å². The fourth-order valence-electron chi connectivity index (χ4n) is 2.40. The lowest BCUT2D eigenvalue weighted by Gasteiger charge is -2.32. The lowest BCUT2D eigenvalue weighted by Crippen LogP contribution is -2.41. The van der Waals surface area contributed by atoms with Crippen LogP contribution in [0.5, 0.6) is 0 Å². The number of benzene rings is 1. The Labute approximate surface area is 112 Å². The Hall–Kier alpha value is -1.75. The Morgan fingerprint density at radius 2 is 2.11 bits per heavy atom. The third-order valence-electron chi connectivity index (χ3n) is 3.69. The summed E-state index contributed by atoms with van der Waals surface area (Å²) in [6.07, 6.45) is 0. The van der Waals surface area contributed by atoms with Gasteiger partial charge in [0, 0.05) is 32.4 Å². The van der Waals surface area contributed by atoms with Crippen LogP contribution in [-0.4, -0.2) is 24.2 Å². The largest absolute Gasteiger partial charge is 0.419 e. The van der Waals surface area contributed by atoms with Crippen LogP contribution in [0.15, 0.2) is 27.4 Å². The average molecular weight is 263 g/mol. The molecule has 0 aliphatic heterocycles. The van der Waals surface area contributed by atoms with Crippen LogP contribution in [0, 0.1) is 5.92 Å². The highest BCUT2D eigenvalue weighted by atomic mass is 16.4. The Morgan fingerprint density at radius 3 is 2.68 bits per heavy atom. The number of nitrogens with two attached hydrogens (primary N) is 1. The van der Waals surface area contributed by atoms with Crippen molar-refractivity contribution in [2.24, 2.45) is 18.7 Å². The van der Waals surface area contributed by atoms with E-state index in [9.17, 15) is 4.79 Å². The standard InChI is InChI=1S/C14H21N3O2/c1-9(2)12(8-15)16(3)10-5-6-13-11(7-10)17(4)14(18)19-13/h5-7,9,12H,8,15H2,1-4H3. The monoisotopic (exact) mass is 263 g/mol. The Kier molecular flexibility index (Phi) is 3.66. The molecule has 1 atom stereocenters. The van der Waals surface area contributed by atoms with Crippen LogP contribution in [0.4, 0.5) is 5.69 Å². The van der Waals surface area contributed by atoms with Crippen molar-refractivity contribution in [3.63, 3.8) is 0 Å². The Morgan fingerprint density at radius 1 is 1.42 bits per heavy atom. The Balaban J connectivity index is 2.45. The van der Waals surface area contributed by atoms with E-state index in [1.54, 1.807) is 7.05 Å². The van der Waals surface area contributed by atoms with E-state index in [0.29, 0.717) is 18.0 Å². The smallest absolute Gasteiger partial charge is 0.408 e. The van der Waals surface area contributed by atoms with Crippen LogP contribution in [0.3, 0.4) is 0 Å². The summed E-state index contributed by atoms with van der Waals surface area (Å²) in [5.74, 6) is 0.118. The molecule has 0 aliphatic rings. The van der Waals surface area contributed by atoms with E-state index in [-0.39, 0.29) is 11.8 Å². The third-order valence-corrected chi connectivity index (χ3v) is 3.69. The number of nitrogens with zero attached hydrogens (tertiary/aromatic N) is 2. The van der Waals surface area contributed by atoms with Gasteiger partial charge < -0.3 is 15.1 Å². The number of oxazole rings is 1. The third kappa shape index (κ3) is 2.38. The van der Waals surface area contributed by atoms with Crippen molar-refractivity contribution in [2.75, 3.05) is 18.5 Å². The predicted octanol–water partition coefficient (Wildman–Crippen LogP) is 1.55. The number of aromatic nitrogens is 1. The van der Waals surface area contributed by atoms with Gasteiger partial charge >= 0.3 is 5.76 Å². The van der Waals surface area contributed by atoms with Crippen LogP contribution in [-0.2, 0) is 7.05 Å². The first-order valence-corrected chi connectivity index (χ1v) is 6.48. The maximum absolute atomic E-state index is 11.5. The summed E-state index contributed by atoms with van der Waals surface area (Å²) < 4.78 is 6.65. The first kappa shape index (κ1) is 13.7. The maximum atomic E-state index is 11.5. The van der Waals surface area contributed by atoms with Gasteiger partial charge in [-0.15, -0.1) is 0 Å². The molecule has 0 bridgehead atoms. The van der Waals surface area contributed by atoms with Gasteiger partial charge in [-0.05, 0) is 24.1 Å². The molecule has 0 radical (unpaired) electrons. The van der Waals surface area contributed by atoms with Crippen LogP contribution in [0.1, 0.15) is 13.8 Å². The van der Waals surface area contributed by atoms with Gasteiger partial charge in [-0.2, -0.15) is 0 Å². The van der Waals surface area contributed by atoms with Crippen molar-refractivity contribution in [1.82, 2.24) is 4.57 Å². The number of anilines is 1. The molecular weight excluding hydrogens is 242 g/mol. The molecule has 0 aliphatic carbocycles. The number of hydrogen-bond donors (Lipinski definition) is 1. The van der Waals surface area contributed by atoms with Gasteiger partial charge in [-0.1, -0.05) is 13.8 Å². The van der Waals surface area contributed by atoms with E-state index in [1.807, 2.05) is 25.2 Å². The van der Waals surface area contributed by atoms with Crippen molar-refractivity contribution in [1.29, 1.82) is 0 Å². The molecule has 0 fully saturated rings. The second-order valence-corrected chi connectivity index (χ2v) is 5.24. The molecule has 0 amide bonds. The van der Waals surface area contributed by atoms with Crippen molar-refractivity contribution < 1.29 is 4.42 Å². The summed E-state index contributed by atoms with van der Waals surface area (Å²) in [5, 5.41) is 0. The van der Waals surface area contributed by atoms with Crippen LogP contribution in [0.2, 0.25) is 0 Å². The van der Waals surface area contributed by atoms with E-state index < -0.39 is 0 Å². The number of hydrogen-bond acceptors (Lipinski definition) is 4. The van der Waals surface area contributed by atoms with E-state index in [1.165, 1.54) is 4.57 Å². The summed E-state index contributed by atoms with van der Waals surface area (Å²) in [6.45, 7) is 4.90.